The van der Waals surface area contributed by atoms with Gasteiger partial charge in [-0.1, -0.05) is 0 Å². The highest BCUT2D eigenvalue weighted by Crippen LogP contribution is 2.03. The number of hydrogen-bond donors (Lipinski definition) is 3. The lowest BCUT2D eigenvalue weighted by Crippen LogP contribution is -2.44. The van der Waals surface area contributed by atoms with Crippen LogP contribution in [0, 0.1) is 0 Å². The lowest BCUT2D eigenvalue weighted by molar-refractivity contribution is -0.137. The lowest BCUT2D eigenvalue weighted by atomic mass is 10.3. The zero-order chi connectivity index (χ0) is 13.7. The van der Waals surface area contributed by atoms with E-state index in [9.17, 15) is 14.4 Å². The van der Waals surface area contributed by atoms with E-state index in [0.717, 1.165) is 0 Å². The van der Waals surface area contributed by atoms with Crippen molar-refractivity contribution in [1.29, 1.82) is 0 Å². The van der Waals surface area contributed by atoms with Crippen LogP contribution in [0.5, 0.6) is 0 Å². The van der Waals surface area contributed by atoms with Crippen LogP contribution in [0.15, 0.2) is 18.3 Å². The molecule has 2 amide bonds. The van der Waals surface area contributed by atoms with Crippen LogP contribution < -0.4 is 10.6 Å². The van der Waals surface area contributed by atoms with E-state index in [4.69, 9.17) is 5.11 Å². The molecule has 0 bridgehead atoms. The summed E-state index contributed by atoms with van der Waals surface area (Å²) in [4.78, 5) is 33.7. The molecule has 1 rings (SSSR count). The Hall–Kier alpha value is -2.31. The number of amides is 2. The zero-order valence-corrected chi connectivity index (χ0v) is 10.1. The number of carboxylic acid groups (broad SMARTS) is 1. The van der Waals surface area contributed by atoms with Gasteiger partial charge in [0.15, 0.2) is 0 Å². The smallest absolute Gasteiger partial charge is 0.323 e. The van der Waals surface area contributed by atoms with Gasteiger partial charge in [-0.2, -0.15) is 0 Å². The first-order chi connectivity index (χ1) is 8.45. The average Bonchev–Trinajstić information content (AvgIpc) is 2.74. The van der Waals surface area contributed by atoms with Crippen molar-refractivity contribution in [2.75, 3.05) is 7.05 Å². The molecular formula is C11H15N3O4. The molecule has 0 spiro atoms. The van der Waals surface area contributed by atoms with Crippen LogP contribution in [0.2, 0.25) is 0 Å². The van der Waals surface area contributed by atoms with Gasteiger partial charge in [0.05, 0.1) is 0 Å². The Labute approximate surface area is 104 Å². The summed E-state index contributed by atoms with van der Waals surface area (Å²) in [6.07, 6.45) is 1.49. The molecule has 1 aromatic rings. The number of carboxylic acids is 1. The van der Waals surface area contributed by atoms with E-state index in [1.807, 2.05) is 0 Å². The number of aliphatic carboxylic acids is 1. The minimum atomic E-state index is -1.04. The molecule has 98 valence electrons. The Bertz CT molecular complexity index is 467. The summed E-state index contributed by atoms with van der Waals surface area (Å²) in [5, 5.41) is 13.6. The summed E-state index contributed by atoms with van der Waals surface area (Å²) >= 11 is 0. The highest BCUT2D eigenvalue weighted by molar-refractivity contribution is 5.96. The molecule has 0 fully saturated rings. The summed E-state index contributed by atoms with van der Waals surface area (Å²) in [6.45, 7) is 1.24. The van der Waals surface area contributed by atoms with Crippen LogP contribution in [0.4, 0.5) is 0 Å². The van der Waals surface area contributed by atoms with E-state index in [0.29, 0.717) is 0 Å². The van der Waals surface area contributed by atoms with Gasteiger partial charge < -0.3 is 20.3 Å². The van der Waals surface area contributed by atoms with Crippen LogP contribution in [0.3, 0.4) is 0 Å². The van der Waals surface area contributed by atoms with E-state index in [-0.39, 0.29) is 18.1 Å². The zero-order valence-electron chi connectivity index (χ0n) is 10.1. The molecule has 0 saturated carbocycles. The predicted molar refractivity (Wildman–Crippen MR) is 63.1 cm³/mol. The van der Waals surface area contributed by atoms with Crippen LogP contribution in [0.1, 0.15) is 17.4 Å². The Morgan fingerprint density at radius 1 is 1.44 bits per heavy atom. The van der Waals surface area contributed by atoms with Crippen molar-refractivity contribution in [3.8, 4) is 0 Å². The Morgan fingerprint density at radius 3 is 2.67 bits per heavy atom. The van der Waals surface area contributed by atoms with Crippen molar-refractivity contribution in [2.24, 2.45) is 0 Å². The molecular weight excluding hydrogens is 238 g/mol. The fourth-order valence-electron chi connectivity index (χ4n) is 1.46. The molecule has 7 heteroatoms. The van der Waals surface area contributed by atoms with E-state index >= 15 is 0 Å². The van der Waals surface area contributed by atoms with Crippen molar-refractivity contribution < 1.29 is 19.5 Å². The lowest BCUT2D eigenvalue weighted by Gasteiger charge is -2.13. The second kappa shape index (κ2) is 5.85. The molecule has 0 aliphatic carbocycles. The largest absolute Gasteiger partial charge is 0.480 e. The minimum absolute atomic E-state index is 0.202. The SMILES string of the molecule is CNC(=O)C(C)NC(=O)c1cccn1CC(=O)O. The number of hydrogen-bond acceptors (Lipinski definition) is 3. The van der Waals surface area contributed by atoms with Crippen molar-refractivity contribution in [1.82, 2.24) is 15.2 Å². The summed E-state index contributed by atoms with van der Waals surface area (Å²) in [7, 11) is 1.47. The molecule has 0 aliphatic rings. The van der Waals surface area contributed by atoms with Crippen molar-refractivity contribution in [3.05, 3.63) is 24.0 Å². The van der Waals surface area contributed by atoms with Gasteiger partial charge in [-0.15, -0.1) is 0 Å². The quantitative estimate of drug-likeness (QED) is 0.654. The highest BCUT2D eigenvalue weighted by atomic mass is 16.4. The maximum Gasteiger partial charge on any atom is 0.323 e. The number of likely N-dealkylation sites (N-methyl/N-ethyl adjacent to an activating group) is 1. The van der Waals surface area contributed by atoms with E-state index in [1.54, 1.807) is 13.0 Å². The fraction of sp³-hybridized carbons (Fsp3) is 0.364. The summed E-state index contributed by atoms with van der Waals surface area (Å²) < 4.78 is 1.30. The van der Waals surface area contributed by atoms with E-state index < -0.39 is 17.9 Å². The molecule has 1 unspecified atom stereocenters. The second-order valence-corrected chi connectivity index (χ2v) is 3.72. The van der Waals surface area contributed by atoms with Gasteiger partial charge in [0.1, 0.15) is 18.3 Å². The van der Waals surface area contributed by atoms with E-state index in [1.165, 1.54) is 23.9 Å². The summed E-state index contributed by atoms with van der Waals surface area (Å²) in [5.74, 6) is -1.85. The van der Waals surface area contributed by atoms with Gasteiger partial charge in [0, 0.05) is 13.2 Å². The van der Waals surface area contributed by atoms with Crippen molar-refractivity contribution in [2.45, 2.75) is 19.5 Å². The molecule has 1 atom stereocenters. The highest BCUT2D eigenvalue weighted by Gasteiger charge is 2.18. The Balaban J connectivity index is 2.75. The van der Waals surface area contributed by atoms with E-state index in [2.05, 4.69) is 10.6 Å². The molecule has 0 saturated heterocycles. The van der Waals surface area contributed by atoms with Gasteiger partial charge >= 0.3 is 5.97 Å². The standard InChI is InChI=1S/C11H15N3O4/c1-7(10(17)12-2)13-11(18)8-4-3-5-14(8)6-9(15)16/h3-5,7H,6H2,1-2H3,(H,12,17)(H,13,18)(H,15,16). The summed E-state index contributed by atoms with van der Waals surface area (Å²) in [6, 6.07) is 2.38. The first kappa shape index (κ1) is 13.8. The van der Waals surface area contributed by atoms with Crippen LogP contribution >= 0.6 is 0 Å². The Morgan fingerprint density at radius 2 is 2.11 bits per heavy atom. The molecule has 7 nitrogen and oxygen atoms in total. The third-order valence-electron chi connectivity index (χ3n) is 2.36. The minimum Gasteiger partial charge on any atom is -0.480 e. The van der Waals surface area contributed by atoms with Gasteiger partial charge in [0.25, 0.3) is 5.91 Å². The maximum atomic E-state index is 11.8. The molecule has 18 heavy (non-hydrogen) atoms. The third-order valence-corrected chi connectivity index (χ3v) is 2.36. The van der Waals surface area contributed by atoms with Crippen LogP contribution in [-0.2, 0) is 16.1 Å². The molecule has 1 aromatic heterocycles. The maximum absolute atomic E-state index is 11.8. The fourth-order valence-corrected chi connectivity index (χ4v) is 1.46. The Kier molecular flexibility index (Phi) is 4.47. The number of carbonyl (C=O) groups excluding carboxylic acids is 2. The number of nitrogens with zero attached hydrogens (tertiary/aromatic N) is 1. The molecule has 0 aliphatic heterocycles. The predicted octanol–water partition coefficient (Wildman–Crippen LogP) is -0.563. The van der Waals surface area contributed by atoms with Crippen molar-refractivity contribution >= 4 is 17.8 Å². The second-order valence-electron chi connectivity index (χ2n) is 3.72. The third kappa shape index (κ3) is 3.34. The monoisotopic (exact) mass is 253 g/mol. The van der Waals surface area contributed by atoms with Crippen LogP contribution in [-0.4, -0.2) is 40.5 Å². The molecule has 3 N–H and O–H groups in total. The first-order valence-electron chi connectivity index (χ1n) is 5.35. The van der Waals surface area contributed by atoms with Gasteiger partial charge in [-0.05, 0) is 19.1 Å². The average molecular weight is 253 g/mol. The molecule has 0 radical (unpaired) electrons. The molecule has 0 aromatic carbocycles. The first-order valence-corrected chi connectivity index (χ1v) is 5.35. The van der Waals surface area contributed by atoms with Gasteiger partial charge in [-0.3, -0.25) is 14.4 Å². The number of nitrogens with one attached hydrogen (secondary N) is 2. The normalized spacial score (nSPS) is 11.7. The summed E-state index contributed by atoms with van der Waals surface area (Å²) in [5.41, 5.74) is 0.202. The number of aromatic nitrogens is 1. The van der Waals surface area contributed by atoms with Crippen LogP contribution in [0.25, 0.3) is 0 Å². The van der Waals surface area contributed by atoms with Gasteiger partial charge in [-0.25, -0.2) is 0 Å². The number of carbonyl (C=O) groups is 3. The van der Waals surface area contributed by atoms with Gasteiger partial charge in [0.2, 0.25) is 5.91 Å². The molecule has 1 heterocycles. The topological polar surface area (TPSA) is 100 Å². The number of rotatable bonds is 5. The van der Waals surface area contributed by atoms with Crippen molar-refractivity contribution in [3.63, 3.8) is 0 Å².